The molecule has 2 heterocycles. The van der Waals surface area contributed by atoms with Gasteiger partial charge >= 0.3 is 5.69 Å². The first-order chi connectivity index (χ1) is 8.66. The van der Waals surface area contributed by atoms with E-state index in [0.717, 1.165) is 24.7 Å². The molecule has 0 amide bonds. The Hall–Kier alpha value is -1.85. The minimum absolute atomic E-state index is 0.263. The first-order valence-electron chi connectivity index (χ1n) is 6.33. The van der Waals surface area contributed by atoms with Crippen LogP contribution in [-0.4, -0.2) is 26.1 Å². The van der Waals surface area contributed by atoms with E-state index in [2.05, 4.69) is 34.3 Å². The number of rotatable bonds is 6. The highest BCUT2D eigenvalue weighted by Crippen LogP contribution is 2.08. The van der Waals surface area contributed by atoms with Crippen molar-refractivity contribution < 1.29 is 0 Å². The number of nitrogens with one attached hydrogen (secondary N) is 2. The maximum atomic E-state index is 11.2. The number of hydrogen-bond acceptors (Lipinski definition) is 4. The summed E-state index contributed by atoms with van der Waals surface area (Å²) in [6.07, 6.45) is 5.08. The Labute approximate surface area is 105 Å². The molecule has 0 aliphatic carbocycles. The van der Waals surface area contributed by atoms with Crippen LogP contribution in [0.2, 0.25) is 0 Å². The topological polar surface area (TPSA) is 75.1 Å². The summed E-state index contributed by atoms with van der Waals surface area (Å²) in [6.45, 7) is 5.36. The van der Waals surface area contributed by atoms with Gasteiger partial charge in [0.05, 0.1) is 0 Å². The first-order valence-corrected chi connectivity index (χ1v) is 6.33. The average molecular weight is 249 g/mol. The van der Waals surface area contributed by atoms with Crippen LogP contribution in [0.3, 0.4) is 0 Å². The molecule has 0 radical (unpaired) electrons. The van der Waals surface area contributed by atoms with Crippen molar-refractivity contribution in [2.75, 3.05) is 11.9 Å². The van der Waals surface area contributed by atoms with E-state index >= 15 is 0 Å². The Bertz CT molecular complexity index is 557. The van der Waals surface area contributed by atoms with Crippen LogP contribution in [0.25, 0.3) is 5.65 Å². The van der Waals surface area contributed by atoms with Crippen molar-refractivity contribution in [3.8, 4) is 0 Å². The lowest BCUT2D eigenvalue weighted by atomic mass is 10.1. The molecule has 0 aliphatic rings. The van der Waals surface area contributed by atoms with E-state index < -0.39 is 0 Å². The number of H-pyrrole nitrogens is 1. The van der Waals surface area contributed by atoms with Crippen LogP contribution < -0.4 is 11.0 Å². The number of hydrogen-bond donors (Lipinski definition) is 2. The number of aromatic nitrogens is 4. The molecular weight excluding hydrogens is 230 g/mol. The molecule has 0 saturated carbocycles. The zero-order valence-electron chi connectivity index (χ0n) is 10.8. The lowest BCUT2D eigenvalue weighted by molar-refractivity contribution is 0.544. The van der Waals surface area contributed by atoms with Crippen molar-refractivity contribution in [3.05, 3.63) is 22.9 Å². The minimum atomic E-state index is -0.263. The summed E-state index contributed by atoms with van der Waals surface area (Å²) < 4.78 is 1.38. The third kappa shape index (κ3) is 3.09. The standard InChI is InChI=1S/C12H19N5O/c1-9(2)5-3-4-6-13-10-7-11-15-16-12(18)17(11)8-14-10/h7-9,13H,3-6H2,1-2H3,(H,16,18). The van der Waals surface area contributed by atoms with Crippen LogP contribution in [-0.2, 0) is 0 Å². The summed E-state index contributed by atoms with van der Waals surface area (Å²) in [5.74, 6) is 1.52. The van der Waals surface area contributed by atoms with Crippen LogP contribution in [0, 0.1) is 5.92 Å². The van der Waals surface area contributed by atoms with Gasteiger partial charge in [0.25, 0.3) is 0 Å². The molecule has 2 N–H and O–H groups in total. The molecule has 0 aromatic carbocycles. The molecule has 2 aromatic heterocycles. The molecule has 2 aromatic rings. The second kappa shape index (κ2) is 5.66. The van der Waals surface area contributed by atoms with Gasteiger partial charge in [-0.2, -0.15) is 5.10 Å². The van der Waals surface area contributed by atoms with Gasteiger partial charge in [-0.1, -0.05) is 26.7 Å². The maximum Gasteiger partial charge on any atom is 0.348 e. The lowest BCUT2D eigenvalue weighted by Gasteiger charge is -2.06. The SMILES string of the molecule is CC(C)CCCCNc1cc2n[nH]c(=O)n2cn1. The Morgan fingerprint density at radius 2 is 2.28 bits per heavy atom. The normalized spacial score (nSPS) is 11.3. The molecule has 6 nitrogen and oxygen atoms in total. The fourth-order valence-electron chi connectivity index (χ4n) is 1.80. The predicted molar refractivity (Wildman–Crippen MR) is 70.8 cm³/mol. The number of aromatic amines is 1. The molecular formula is C12H19N5O. The van der Waals surface area contributed by atoms with E-state index in [1.807, 2.05) is 0 Å². The quantitative estimate of drug-likeness (QED) is 0.763. The molecule has 18 heavy (non-hydrogen) atoms. The largest absolute Gasteiger partial charge is 0.370 e. The third-order valence-electron chi connectivity index (χ3n) is 2.82. The van der Waals surface area contributed by atoms with Crippen LogP contribution in [0.15, 0.2) is 17.2 Å². The summed E-state index contributed by atoms with van der Waals surface area (Å²) in [5, 5.41) is 9.51. The van der Waals surface area contributed by atoms with E-state index in [1.54, 1.807) is 6.07 Å². The number of nitrogens with zero attached hydrogens (tertiary/aromatic N) is 3. The summed E-state index contributed by atoms with van der Waals surface area (Å²) in [7, 11) is 0. The summed E-state index contributed by atoms with van der Waals surface area (Å²) in [5.41, 5.74) is 0.320. The van der Waals surface area contributed by atoms with Gasteiger partial charge in [-0.15, -0.1) is 0 Å². The van der Waals surface area contributed by atoms with Gasteiger partial charge in [0.2, 0.25) is 0 Å². The van der Waals surface area contributed by atoms with Gasteiger partial charge in [0.15, 0.2) is 5.65 Å². The highest BCUT2D eigenvalue weighted by molar-refractivity contribution is 5.48. The van der Waals surface area contributed by atoms with E-state index in [9.17, 15) is 4.79 Å². The van der Waals surface area contributed by atoms with Crippen LogP contribution in [0.5, 0.6) is 0 Å². The zero-order valence-corrected chi connectivity index (χ0v) is 10.8. The van der Waals surface area contributed by atoms with Crippen molar-refractivity contribution in [1.29, 1.82) is 0 Å². The second-order valence-corrected chi connectivity index (χ2v) is 4.85. The van der Waals surface area contributed by atoms with Gasteiger partial charge in [0.1, 0.15) is 12.1 Å². The lowest BCUT2D eigenvalue weighted by Crippen LogP contribution is -2.10. The van der Waals surface area contributed by atoms with Crippen molar-refractivity contribution >= 4 is 11.5 Å². The molecule has 0 fully saturated rings. The molecule has 0 unspecified atom stereocenters. The van der Waals surface area contributed by atoms with Crippen LogP contribution in [0.1, 0.15) is 33.1 Å². The highest BCUT2D eigenvalue weighted by Gasteiger charge is 2.01. The Balaban J connectivity index is 1.86. The third-order valence-corrected chi connectivity index (χ3v) is 2.82. The molecule has 6 heteroatoms. The van der Waals surface area contributed by atoms with Crippen molar-refractivity contribution in [1.82, 2.24) is 19.6 Å². The Morgan fingerprint density at radius 1 is 1.44 bits per heavy atom. The molecule has 98 valence electrons. The Kier molecular flexibility index (Phi) is 3.96. The van der Waals surface area contributed by atoms with Crippen molar-refractivity contribution in [2.45, 2.75) is 33.1 Å². The molecule has 0 aliphatic heterocycles. The number of fused-ring (bicyclic) bond motifs is 1. The predicted octanol–water partition coefficient (Wildman–Crippen LogP) is 1.66. The van der Waals surface area contributed by atoms with E-state index in [-0.39, 0.29) is 5.69 Å². The molecule has 0 atom stereocenters. The molecule has 0 bridgehead atoms. The molecule has 2 rings (SSSR count). The maximum absolute atomic E-state index is 11.2. The minimum Gasteiger partial charge on any atom is -0.370 e. The van der Waals surface area contributed by atoms with Gasteiger partial charge in [-0.3, -0.25) is 0 Å². The highest BCUT2D eigenvalue weighted by atomic mass is 16.1. The molecule has 0 saturated heterocycles. The van der Waals surface area contributed by atoms with E-state index in [1.165, 1.54) is 23.6 Å². The second-order valence-electron chi connectivity index (χ2n) is 4.85. The van der Waals surface area contributed by atoms with E-state index in [0.29, 0.717) is 5.65 Å². The van der Waals surface area contributed by atoms with Crippen molar-refractivity contribution in [2.24, 2.45) is 5.92 Å². The number of unbranched alkanes of at least 4 members (excludes halogenated alkanes) is 1. The summed E-state index contributed by atoms with van der Waals surface area (Å²) in [6, 6.07) is 1.76. The average Bonchev–Trinajstić information content (AvgIpc) is 2.70. The number of anilines is 1. The van der Waals surface area contributed by atoms with Crippen LogP contribution >= 0.6 is 0 Å². The summed E-state index contributed by atoms with van der Waals surface area (Å²) in [4.78, 5) is 15.4. The van der Waals surface area contributed by atoms with Gasteiger partial charge in [-0.05, 0) is 12.3 Å². The van der Waals surface area contributed by atoms with Gasteiger partial charge in [-0.25, -0.2) is 19.3 Å². The van der Waals surface area contributed by atoms with Crippen molar-refractivity contribution in [3.63, 3.8) is 0 Å². The first kappa shape index (κ1) is 12.6. The van der Waals surface area contributed by atoms with Crippen LogP contribution in [0.4, 0.5) is 5.82 Å². The van der Waals surface area contributed by atoms with E-state index in [4.69, 9.17) is 0 Å². The fraction of sp³-hybridized carbons (Fsp3) is 0.583. The zero-order chi connectivity index (χ0) is 13.0. The summed E-state index contributed by atoms with van der Waals surface area (Å²) >= 11 is 0. The fourth-order valence-corrected chi connectivity index (χ4v) is 1.80. The molecule has 0 spiro atoms. The monoisotopic (exact) mass is 249 g/mol. The van der Waals surface area contributed by atoms with Gasteiger partial charge in [0, 0.05) is 12.6 Å². The smallest absolute Gasteiger partial charge is 0.348 e. The Morgan fingerprint density at radius 3 is 3.06 bits per heavy atom. The van der Waals surface area contributed by atoms with Gasteiger partial charge < -0.3 is 5.32 Å².